The fourth-order valence-corrected chi connectivity index (χ4v) is 4.38. The van der Waals surface area contributed by atoms with Crippen LogP contribution in [0.25, 0.3) is 0 Å². The van der Waals surface area contributed by atoms with Gasteiger partial charge in [0.1, 0.15) is 17.3 Å². The Bertz CT molecular complexity index is 813. The Morgan fingerprint density at radius 3 is 3.00 bits per heavy atom. The zero-order chi connectivity index (χ0) is 19.2. The molecule has 4 atom stereocenters. The maximum atomic E-state index is 13.9. The lowest BCUT2D eigenvalue weighted by Crippen LogP contribution is -2.40. The lowest BCUT2D eigenvalue weighted by atomic mass is 9.77. The van der Waals surface area contributed by atoms with Crippen LogP contribution in [0.4, 0.5) is 10.1 Å². The summed E-state index contributed by atoms with van der Waals surface area (Å²) < 4.78 is 25.3. The Morgan fingerprint density at radius 2 is 2.26 bits per heavy atom. The highest BCUT2D eigenvalue weighted by Gasteiger charge is 2.67. The van der Waals surface area contributed by atoms with Crippen LogP contribution in [0.1, 0.15) is 26.2 Å². The first kappa shape index (κ1) is 18.4. The van der Waals surface area contributed by atoms with Crippen molar-refractivity contribution >= 4 is 29.2 Å². The van der Waals surface area contributed by atoms with Gasteiger partial charge in [0.05, 0.1) is 30.2 Å². The number of nitrogens with zero attached hydrogens (tertiary/aromatic N) is 1. The highest BCUT2D eigenvalue weighted by atomic mass is 35.5. The summed E-state index contributed by atoms with van der Waals surface area (Å²) in [6.07, 6.45) is 6.06. The lowest BCUT2D eigenvalue weighted by Gasteiger charge is -2.22. The maximum absolute atomic E-state index is 13.9. The van der Waals surface area contributed by atoms with Crippen molar-refractivity contribution in [2.75, 3.05) is 18.1 Å². The lowest BCUT2D eigenvalue weighted by molar-refractivity contribution is -0.152. The molecule has 0 aliphatic carbocycles. The number of anilines is 1. The monoisotopic (exact) mass is 393 g/mol. The van der Waals surface area contributed by atoms with Crippen LogP contribution in [-0.2, 0) is 19.1 Å². The van der Waals surface area contributed by atoms with Gasteiger partial charge in [0.2, 0.25) is 5.91 Å². The van der Waals surface area contributed by atoms with Gasteiger partial charge in [-0.15, -0.1) is 0 Å². The van der Waals surface area contributed by atoms with Gasteiger partial charge in [0.25, 0.3) is 0 Å². The Morgan fingerprint density at radius 1 is 1.44 bits per heavy atom. The molecule has 3 heterocycles. The third kappa shape index (κ3) is 2.95. The van der Waals surface area contributed by atoms with Gasteiger partial charge in [-0.1, -0.05) is 43.5 Å². The molecule has 27 heavy (non-hydrogen) atoms. The average Bonchev–Trinajstić information content (AvgIpc) is 3.29. The first-order valence-electron chi connectivity index (χ1n) is 9.27. The molecule has 5 nitrogen and oxygen atoms in total. The molecule has 0 aromatic heterocycles. The number of carbonyl (C=O) groups excluding carboxylic acids is 2. The Balaban J connectivity index is 1.55. The number of fused-ring (bicyclic) bond motifs is 1. The fourth-order valence-electron chi connectivity index (χ4n) is 4.26. The summed E-state index contributed by atoms with van der Waals surface area (Å²) in [5, 5.41) is -0.00522. The van der Waals surface area contributed by atoms with Crippen molar-refractivity contribution in [2.24, 2.45) is 11.8 Å². The highest BCUT2D eigenvalue weighted by Crippen LogP contribution is 2.53. The summed E-state index contributed by atoms with van der Waals surface area (Å²) in [6.45, 7) is 2.66. The van der Waals surface area contributed by atoms with E-state index in [1.165, 1.54) is 17.0 Å². The van der Waals surface area contributed by atoms with E-state index in [9.17, 15) is 14.0 Å². The molecule has 1 aromatic carbocycles. The molecule has 0 radical (unpaired) electrons. The minimum atomic E-state index is -0.856. The van der Waals surface area contributed by atoms with E-state index in [0.717, 1.165) is 19.3 Å². The molecule has 1 unspecified atom stereocenters. The molecule has 3 aliphatic heterocycles. The first-order chi connectivity index (χ1) is 13.0. The van der Waals surface area contributed by atoms with E-state index in [0.29, 0.717) is 12.3 Å². The number of ether oxygens (including phenoxy) is 2. The largest absolute Gasteiger partial charge is 0.465 e. The van der Waals surface area contributed by atoms with Gasteiger partial charge in [-0.25, -0.2) is 4.39 Å². The summed E-state index contributed by atoms with van der Waals surface area (Å²) >= 11 is 5.74. The number of hydrogen-bond acceptors (Lipinski definition) is 4. The van der Waals surface area contributed by atoms with Crippen LogP contribution in [0.15, 0.2) is 30.4 Å². The second-order valence-corrected chi connectivity index (χ2v) is 7.70. The van der Waals surface area contributed by atoms with E-state index in [2.05, 4.69) is 6.92 Å². The van der Waals surface area contributed by atoms with Gasteiger partial charge < -0.3 is 14.4 Å². The minimum absolute atomic E-state index is 0.00522. The third-order valence-electron chi connectivity index (χ3n) is 5.58. The summed E-state index contributed by atoms with van der Waals surface area (Å²) in [5.74, 6) is -2.55. The fraction of sp³-hybridized carbons (Fsp3) is 0.500. The predicted octanol–water partition coefficient (Wildman–Crippen LogP) is 3.50. The van der Waals surface area contributed by atoms with Crippen LogP contribution in [0.5, 0.6) is 0 Å². The molecule has 144 valence electrons. The van der Waals surface area contributed by atoms with Gasteiger partial charge in [-0.3, -0.25) is 9.59 Å². The third-order valence-corrected chi connectivity index (χ3v) is 5.89. The molecule has 1 spiro atoms. The zero-order valence-electron chi connectivity index (χ0n) is 15.0. The van der Waals surface area contributed by atoms with E-state index >= 15 is 0 Å². The number of unbranched alkanes of at least 4 members (excludes halogenated alkanes) is 2. The van der Waals surface area contributed by atoms with E-state index in [1.807, 2.05) is 12.2 Å². The molecular formula is C20H21ClFNO4. The topological polar surface area (TPSA) is 55.8 Å². The summed E-state index contributed by atoms with van der Waals surface area (Å²) in [7, 11) is 0. The van der Waals surface area contributed by atoms with Gasteiger partial charge >= 0.3 is 5.97 Å². The Labute approximate surface area is 162 Å². The second kappa shape index (κ2) is 6.91. The predicted molar refractivity (Wildman–Crippen MR) is 98.0 cm³/mol. The number of rotatable bonds is 6. The molecular weight excluding hydrogens is 373 g/mol. The van der Waals surface area contributed by atoms with E-state index in [4.69, 9.17) is 21.1 Å². The molecule has 0 saturated carbocycles. The number of carbonyl (C=O) groups is 2. The number of amides is 1. The molecule has 4 rings (SSSR count). The van der Waals surface area contributed by atoms with Crippen LogP contribution in [0.3, 0.4) is 0 Å². The standard InChI is InChI=1S/C20H21ClFNO4/c1-2-3-4-9-26-19(25)16-15-7-8-20(27-15)11-23(18(24)17(16)20)12-5-6-13(21)14(22)10-12/h5-8,10,15-17H,2-4,9,11H2,1H3/t15-,16?,17+,20-/m1/s1. The zero-order valence-corrected chi connectivity index (χ0v) is 15.7. The number of esters is 1. The molecule has 1 amide bonds. The summed E-state index contributed by atoms with van der Waals surface area (Å²) in [5.41, 5.74) is -0.452. The quantitative estimate of drug-likeness (QED) is 0.421. The van der Waals surface area contributed by atoms with Crippen LogP contribution < -0.4 is 4.90 Å². The van der Waals surface area contributed by atoms with Gasteiger partial charge in [-0.05, 0) is 24.6 Å². The molecule has 7 heteroatoms. The first-order valence-corrected chi connectivity index (χ1v) is 9.65. The van der Waals surface area contributed by atoms with Crippen molar-refractivity contribution in [1.29, 1.82) is 0 Å². The molecule has 0 N–H and O–H groups in total. The second-order valence-electron chi connectivity index (χ2n) is 7.30. The Kier molecular flexibility index (Phi) is 4.72. The molecule has 2 fully saturated rings. The SMILES string of the molecule is CCCCCOC(=O)C1[C@H]2C(=O)N(c3ccc(Cl)c(F)c3)C[C@]23C=C[C@H]1O3. The molecule has 2 saturated heterocycles. The van der Waals surface area contributed by atoms with Crippen molar-refractivity contribution in [2.45, 2.75) is 37.9 Å². The average molecular weight is 394 g/mol. The van der Waals surface area contributed by atoms with E-state index < -0.39 is 35.3 Å². The molecule has 1 aromatic rings. The number of benzene rings is 1. The molecule has 3 aliphatic rings. The minimum Gasteiger partial charge on any atom is -0.465 e. The van der Waals surface area contributed by atoms with Crippen molar-refractivity contribution in [3.63, 3.8) is 0 Å². The van der Waals surface area contributed by atoms with Crippen LogP contribution in [0.2, 0.25) is 5.02 Å². The van der Waals surface area contributed by atoms with Crippen LogP contribution in [0, 0.1) is 17.7 Å². The molecule has 2 bridgehead atoms. The normalized spacial score (nSPS) is 30.9. The number of hydrogen-bond donors (Lipinski definition) is 0. The highest BCUT2D eigenvalue weighted by molar-refractivity contribution is 6.30. The van der Waals surface area contributed by atoms with Gasteiger partial charge in [0, 0.05) is 5.69 Å². The van der Waals surface area contributed by atoms with Crippen LogP contribution >= 0.6 is 11.6 Å². The number of halogens is 2. The summed E-state index contributed by atoms with van der Waals surface area (Å²) in [4.78, 5) is 27.2. The maximum Gasteiger partial charge on any atom is 0.312 e. The van der Waals surface area contributed by atoms with Crippen molar-refractivity contribution in [1.82, 2.24) is 0 Å². The van der Waals surface area contributed by atoms with Gasteiger partial charge in [0.15, 0.2) is 0 Å². The summed E-state index contributed by atoms with van der Waals surface area (Å²) in [6, 6.07) is 4.24. The van der Waals surface area contributed by atoms with Crippen molar-refractivity contribution < 1.29 is 23.5 Å². The van der Waals surface area contributed by atoms with Crippen molar-refractivity contribution in [3.8, 4) is 0 Å². The van der Waals surface area contributed by atoms with Gasteiger partial charge in [-0.2, -0.15) is 0 Å². The Hall–Kier alpha value is -1.92. The van der Waals surface area contributed by atoms with E-state index in [1.54, 1.807) is 6.07 Å². The van der Waals surface area contributed by atoms with Crippen LogP contribution in [-0.4, -0.2) is 36.7 Å². The van der Waals surface area contributed by atoms with Crippen molar-refractivity contribution in [3.05, 3.63) is 41.2 Å². The smallest absolute Gasteiger partial charge is 0.312 e. The van der Waals surface area contributed by atoms with E-state index in [-0.39, 0.29) is 17.5 Å².